The van der Waals surface area contributed by atoms with Crippen LogP contribution in [0.15, 0.2) is 36.4 Å². The Morgan fingerprint density at radius 2 is 1.78 bits per heavy atom. The van der Waals surface area contributed by atoms with E-state index >= 15 is 0 Å². The lowest BCUT2D eigenvalue weighted by Gasteiger charge is -2.30. The summed E-state index contributed by atoms with van der Waals surface area (Å²) in [6.07, 6.45) is 5.94. The van der Waals surface area contributed by atoms with Crippen LogP contribution >= 0.6 is 0 Å². The van der Waals surface area contributed by atoms with Crippen LogP contribution in [0.25, 0.3) is 0 Å². The van der Waals surface area contributed by atoms with Gasteiger partial charge in [0.05, 0.1) is 29.0 Å². The molecule has 4 aliphatic rings. The molecule has 0 bridgehead atoms. The third-order valence-corrected chi connectivity index (χ3v) is 10.9. The highest BCUT2D eigenvalue weighted by Gasteiger charge is 2.62. The molecule has 1 saturated heterocycles. The largest absolute Gasteiger partial charge is 0.457 e. The lowest BCUT2D eigenvalue weighted by atomic mass is 10.0. The minimum absolute atomic E-state index is 0.114. The van der Waals surface area contributed by atoms with Crippen LogP contribution in [0.2, 0.25) is 0 Å². The number of alkyl carbamates (subject to hydrolysis) is 1. The van der Waals surface area contributed by atoms with Crippen molar-refractivity contribution in [3.63, 3.8) is 0 Å². The maximum atomic E-state index is 14.2. The number of nitrogens with zero attached hydrogens (tertiary/aromatic N) is 2. The van der Waals surface area contributed by atoms with Crippen molar-refractivity contribution < 1.29 is 41.9 Å². The van der Waals surface area contributed by atoms with Crippen molar-refractivity contribution in [1.29, 1.82) is 5.26 Å². The lowest BCUT2D eigenvalue weighted by Crippen LogP contribution is -2.58. The number of hydrogen-bond acceptors (Lipinski definition) is 10. The van der Waals surface area contributed by atoms with Gasteiger partial charge in [0.15, 0.2) is 0 Å². The quantitative estimate of drug-likeness (QED) is 0.293. The molecular formula is C34H43N5O9S. The number of sulfonamides is 1. The number of carbonyl (C=O) groups is 5. The second kappa shape index (κ2) is 14.2. The third kappa shape index (κ3) is 8.78. The lowest BCUT2D eigenvalue weighted by molar-refractivity contribution is -0.141. The summed E-state index contributed by atoms with van der Waals surface area (Å²) >= 11 is 0. The van der Waals surface area contributed by atoms with Gasteiger partial charge in [0.25, 0.3) is 5.91 Å². The Kier molecular flexibility index (Phi) is 10.4. The Balaban J connectivity index is 1.42. The zero-order valence-electron chi connectivity index (χ0n) is 27.9. The molecule has 264 valence electrons. The molecule has 0 unspecified atom stereocenters. The fourth-order valence-corrected chi connectivity index (χ4v) is 7.56. The number of carbonyl (C=O) groups excluding carboxylic acids is 5. The molecule has 0 spiro atoms. The van der Waals surface area contributed by atoms with Crippen molar-refractivity contribution >= 4 is 39.8 Å². The van der Waals surface area contributed by atoms with E-state index in [0.29, 0.717) is 31.2 Å². The van der Waals surface area contributed by atoms with Gasteiger partial charge in [-0.3, -0.25) is 19.1 Å². The molecule has 5 atom stereocenters. The number of ether oxygens (including phenoxy) is 2. The Morgan fingerprint density at radius 3 is 2.43 bits per heavy atom. The fraction of sp³-hybridized carbons (Fsp3) is 0.588. The zero-order chi connectivity index (χ0) is 35.6. The summed E-state index contributed by atoms with van der Waals surface area (Å²) < 4.78 is 38.7. The number of hydrogen-bond donors (Lipinski definition) is 3. The zero-order valence-corrected chi connectivity index (χ0v) is 28.7. The minimum atomic E-state index is -3.91. The van der Waals surface area contributed by atoms with Crippen molar-refractivity contribution in [2.24, 2.45) is 5.92 Å². The van der Waals surface area contributed by atoms with Gasteiger partial charge in [-0.1, -0.05) is 25.0 Å². The first-order chi connectivity index (χ1) is 23.1. The monoisotopic (exact) mass is 697 g/mol. The van der Waals surface area contributed by atoms with Crippen LogP contribution in [0.3, 0.4) is 0 Å². The molecular weight excluding hydrogens is 654 g/mol. The molecule has 0 aromatic heterocycles. The van der Waals surface area contributed by atoms with E-state index in [1.165, 1.54) is 29.2 Å². The first-order valence-electron chi connectivity index (χ1n) is 16.7. The summed E-state index contributed by atoms with van der Waals surface area (Å²) in [5.41, 5.74) is -1.85. The van der Waals surface area contributed by atoms with Crippen molar-refractivity contribution in [2.45, 2.75) is 113 Å². The molecule has 15 heteroatoms. The highest BCUT2D eigenvalue weighted by atomic mass is 32.2. The maximum absolute atomic E-state index is 14.2. The summed E-state index contributed by atoms with van der Waals surface area (Å²) in [4.78, 5) is 68.9. The molecule has 14 nitrogen and oxygen atoms in total. The highest BCUT2D eigenvalue weighted by Crippen LogP contribution is 2.46. The number of benzene rings is 1. The second-order valence-corrected chi connectivity index (χ2v) is 16.1. The van der Waals surface area contributed by atoms with Gasteiger partial charge in [0.1, 0.15) is 29.3 Å². The Labute approximate surface area is 286 Å². The molecule has 2 aliphatic carbocycles. The number of rotatable bonds is 6. The van der Waals surface area contributed by atoms with Gasteiger partial charge < -0.3 is 25.0 Å². The number of nitriles is 1. The normalized spacial score (nSPS) is 28.2. The maximum Gasteiger partial charge on any atom is 0.408 e. The minimum Gasteiger partial charge on any atom is -0.457 e. The molecule has 2 heterocycles. The summed E-state index contributed by atoms with van der Waals surface area (Å²) in [7, 11) is -3.91. The van der Waals surface area contributed by atoms with Crippen molar-refractivity contribution in [2.75, 3.05) is 6.54 Å². The second-order valence-electron chi connectivity index (χ2n) is 14.2. The van der Waals surface area contributed by atoms with Gasteiger partial charge in [0.2, 0.25) is 21.8 Å². The predicted molar refractivity (Wildman–Crippen MR) is 175 cm³/mol. The Bertz CT molecular complexity index is 1660. The van der Waals surface area contributed by atoms with E-state index in [1.54, 1.807) is 20.8 Å². The smallest absolute Gasteiger partial charge is 0.408 e. The average Bonchev–Trinajstić information content (AvgIpc) is 3.95. The molecule has 2 saturated carbocycles. The molecule has 4 amide bonds. The van der Waals surface area contributed by atoms with E-state index in [0.717, 1.165) is 12.8 Å². The van der Waals surface area contributed by atoms with Gasteiger partial charge in [-0.05, 0) is 83.6 Å². The number of nitrogens with one attached hydrogen (secondary N) is 3. The van der Waals surface area contributed by atoms with Crippen LogP contribution in [0.5, 0.6) is 0 Å². The number of allylic oxidation sites excluding steroid dienone is 1. The van der Waals surface area contributed by atoms with Crippen LogP contribution in [0.4, 0.5) is 4.79 Å². The van der Waals surface area contributed by atoms with E-state index in [9.17, 15) is 32.4 Å². The van der Waals surface area contributed by atoms with Crippen LogP contribution < -0.4 is 15.4 Å². The van der Waals surface area contributed by atoms with E-state index in [-0.39, 0.29) is 31.4 Å². The van der Waals surface area contributed by atoms with Crippen molar-refractivity contribution in [1.82, 2.24) is 20.3 Å². The molecule has 1 aromatic carbocycles. The van der Waals surface area contributed by atoms with E-state index in [2.05, 4.69) is 15.4 Å². The Hall–Kier alpha value is -4.45. The van der Waals surface area contributed by atoms with Gasteiger partial charge in [-0.25, -0.2) is 18.0 Å². The summed E-state index contributed by atoms with van der Waals surface area (Å²) in [6.45, 7) is 4.90. The molecule has 2 aliphatic heterocycles. The van der Waals surface area contributed by atoms with Crippen molar-refractivity contribution in [3.05, 3.63) is 47.5 Å². The van der Waals surface area contributed by atoms with Gasteiger partial charge in [-0.2, -0.15) is 5.26 Å². The SMILES string of the molecule is CC(C)(C)OC(=O)N[C@H]1CCCCC/C=C\[C@@H]2C[C@@]2(C(=O)NS(=O)(=O)C2CC2)NC(=O)[C@@H]2C[C@@H](OC(=O)c3ccc(C#N)cc3)CN2C1=O. The topological polar surface area (TPSA) is 201 Å². The molecule has 1 aromatic rings. The molecule has 3 N–H and O–H groups in total. The van der Waals surface area contributed by atoms with Crippen LogP contribution in [0.1, 0.15) is 94.5 Å². The van der Waals surface area contributed by atoms with E-state index in [1.807, 2.05) is 18.2 Å². The van der Waals surface area contributed by atoms with E-state index in [4.69, 9.17) is 14.7 Å². The molecule has 0 radical (unpaired) electrons. The summed E-state index contributed by atoms with van der Waals surface area (Å²) in [6, 6.07) is 5.51. The Morgan fingerprint density at radius 1 is 1.06 bits per heavy atom. The van der Waals surface area contributed by atoms with Gasteiger partial charge >= 0.3 is 12.1 Å². The number of fused-ring (bicyclic) bond motifs is 2. The molecule has 49 heavy (non-hydrogen) atoms. The molecule has 5 rings (SSSR count). The van der Waals surface area contributed by atoms with Gasteiger partial charge in [0, 0.05) is 12.3 Å². The van der Waals surface area contributed by atoms with Gasteiger partial charge in [-0.15, -0.1) is 0 Å². The predicted octanol–water partition coefficient (Wildman–Crippen LogP) is 2.58. The summed E-state index contributed by atoms with van der Waals surface area (Å²) in [5, 5.41) is 13.9. The van der Waals surface area contributed by atoms with Crippen LogP contribution in [0, 0.1) is 17.2 Å². The first kappa shape index (κ1) is 35.8. The van der Waals surface area contributed by atoms with Crippen LogP contribution in [-0.4, -0.2) is 84.2 Å². The number of amides is 4. The van der Waals surface area contributed by atoms with Crippen LogP contribution in [-0.2, 0) is 33.9 Å². The van der Waals surface area contributed by atoms with Crippen molar-refractivity contribution in [3.8, 4) is 6.07 Å². The fourth-order valence-electron chi connectivity index (χ4n) is 6.20. The number of esters is 1. The standard InChI is InChI=1S/C34H43N5O9S/c1-33(2,3)48-32(44)36-26-10-8-6-4-5-7-9-23-18-34(23,31(43)38-49(45,46)25-15-16-25)37-28(40)27-17-24(20-39(27)29(26)41)47-30(42)22-13-11-21(19-35)12-14-22/h7,9,11-14,23-27H,4-6,8,10,15-18,20H2,1-3H3,(H,36,44)(H,37,40)(H,38,43)/b9-7-/t23-,24-,26+,27+,34-/m1/s1. The molecule has 3 fully saturated rings. The highest BCUT2D eigenvalue weighted by molar-refractivity contribution is 7.91. The first-order valence-corrected chi connectivity index (χ1v) is 18.2. The third-order valence-electron chi connectivity index (χ3n) is 9.06. The average molecular weight is 698 g/mol. The van der Waals surface area contributed by atoms with E-state index < -0.39 is 80.3 Å². The summed E-state index contributed by atoms with van der Waals surface area (Å²) in [5.74, 6) is -3.32.